The summed E-state index contributed by atoms with van der Waals surface area (Å²) in [5, 5.41) is 2.33. The van der Waals surface area contributed by atoms with Crippen LogP contribution in [0.2, 0.25) is 0 Å². The molecule has 0 saturated heterocycles. The molecule has 9 rings (SSSR count). The lowest BCUT2D eigenvalue weighted by atomic mass is 9.73. The van der Waals surface area contributed by atoms with Crippen LogP contribution < -0.4 is 0 Å². The fourth-order valence-electron chi connectivity index (χ4n) is 7.66. The third-order valence-electron chi connectivity index (χ3n) is 10.2. The Morgan fingerprint density at radius 2 is 0.958 bits per heavy atom. The molecule has 0 bridgehead atoms. The van der Waals surface area contributed by atoms with Gasteiger partial charge in [-0.05, 0) is 70.5 Å². The summed E-state index contributed by atoms with van der Waals surface area (Å²) in [6.07, 6.45) is 2.14. The maximum Gasteiger partial charge on any atom is 0.164 e. The molecular formula is C44H33N3O. The van der Waals surface area contributed by atoms with Crippen molar-refractivity contribution in [3.8, 4) is 56.4 Å². The van der Waals surface area contributed by atoms with Crippen LogP contribution in [0.15, 0.2) is 144 Å². The molecule has 1 aliphatic carbocycles. The highest BCUT2D eigenvalue weighted by molar-refractivity contribution is 6.08. The number of hydrogen-bond donors (Lipinski definition) is 0. The molecule has 0 radical (unpaired) electrons. The van der Waals surface area contributed by atoms with Gasteiger partial charge in [-0.2, -0.15) is 0 Å². The standard InChI is InChI=1S/C44H33N3O/c1-3-44(4-2)37-18-12-11-17-33(37)35-27-40-36(26-38(35)44)34-24-23-32(25-39(34)48-40)28-19-21-31(22-20-28)43-46-41(29-13-7-5-8-14-29)45-42(47-43)30-15-9-6-10-16-30/h5-27H,3-4H2,1-2H3. The van der Waals surface area contributed by atoms with Crippen molar-refractivity contribution in [2.45, 2.75) is 32.1 Å². The summed E-state index contributed by atoms with van der Waals surface area (Å²) in [6.45, 7) is 4.63. The topological polar surface area (TPSA) is 51.8 Å². The van der Waals surface area contributed by atoms with Gasteiger partial charge in [-0.15, -0.1) is 0 Å². The van der Waals surface area contributed by atoms with Gasteiger partial charge in [-0.3, -0.25) is 0 Å². The first kappa shape index (κ1) is 28.4. The maximum absolute atomic E-state index is 6.57. The molecule has 4 heteroatoms. The summed E-state index contributed by atoms with van der Waals surface area (Å²) < 4.78 is 6.57. The van der Waals surface area contributed by atoms with E-state index in [-0.39, 0.29) is 5.41 Å². The van der Waals surface area contributed by atoms with Gasteiger partial charge in [0.05, 0.1) is 0 Å². The monoisotopic (exact) mass is 619 g/mol. The Hall–Kier alpha value is -5.87. The van der Waals surface area contributed by atoms with Crippen molar-refractivity contribution in [2.24, 2.45) is 0 Å². The molecule has 6 aromatic carbocycles. The van der Waals surface area contributed by atoms with Crippen molar-refractivity contribution in [1.82, 2.24) is 15.0 Å². The highest BCUT2D eigenvalue weighted by Gasteiger charge is 2.40. The van der Waals surface area contributed by atoms with E-state index < -0.39 is 0 Å². The zero-order valence-electron chi connectivity index (χ0n) is 26.9. The van der Waals surface area contributed by atoms with E-state index in [1.54, 1.807) is 0 Å². The molecule has 0 atom stereocenters. The van der Waals surface area contributed by atoms with Gasteiger partial charge in [0.25, 0.3) is 0 Å². The van der Waals surface area contributed by atoms with Gasteiger partial charge in [0, 0.05) is 32.9 Å². The molecule has 2 heterocycles. The van der Waals surface area contributed by atoms with Crippen molar-refractivity contribution in [1.29, 1.82) is 0 Å². The number of rotatable bonds is 6. The minimum Gasteiger partial charge on any atom is -0.456 e. The van der Waals surface area contributed by atoms with Gasteiger partial charge in [0.15, 0.2) is 17.5 Å². The third kappa shape index (κ3) is 4.40. The highest BCUT2D eigenvalue weighted by Crippen LogP contribution is 2.54. The molecule has 4 nitrogen and oxygen atoms in total. The van der Waals surface area contributed by atoms with Gasteiger partial charge in [0.2, 0.25) is 0 Å². The van der Waals surface area contributed by atoms with Gasteiger partial charge in [-0.25, -0.2) is 15.0 Å². The molecule has 0 N–H and O–H groups in total. The molecule has 0 spiro atoms. The second-order valence-corrected chi connectivity index (χ2v) is 12.7. The van der Waals surface area contributed by atoms with Crippen molar-refractivity contribution in [3.63, 3.8) is 0 Å². The molecule has 0 aliphatic heterocycles. The quantitative estimate of drug-likeness (QED) is 0.186. The molecule has 8 aromatic rings. The van der Waals surface area contributed by atoms with E-state index in [1.807, 2.05) is 60.7 Å². The van der Waals surface area contributed by atoms with Gasteiger partial charge < -0.3 is 4.42 Å². The third-order valence-corrected chi connectivity index (χ3v) is 10.2. The number of benzene rings is 6. The predicted octanol–water partition coefficient (Wildman–Crippen LogP) is 11.5. The molecule has 2 aromatic heterocycles. The number of furan rings is 1. The Kier molecular flexibility index (Phi) is 6.58. The zero-order chi connectivity index (χ0) is 32.2. The Morgan fingerprint density at radius 1 is 0.438 bits per heavy atom. The van der Waals surface area contributed by atoms with Crippen LogP contribution in [0.4, 0.5) is 0 Å². The average Bonchev–Trinajstić information content (AvgIpc) is 3.66. The molecule has 0 amide bonds. The first-order chi connectivity index (χ1) is 23.6. The number of nitrogens with zero attached hydrogens (tertiary/aromatic N) is 3. The predicted molar refractivity (Wildman–Crippen MR) is 196 cm³/mol. The van der Waals surface area contributed by atoms with Crippen molar-refractivity contribution in [3.05, 3.63) is 151 Å². The second kappa shape index (κ2) is 11.1. The Bertz CT molecular complexity index is 2400. The SMILES string of the molecule is CCC1(CC)c2ccccc2-c2cc3oc4cc(-c5ccc(-c6nc(-c7ccccc7)nc(-c7ccccc7)n6)cc5)ccc4c3cc21. The van der Waals surface area contributed by atoms with E-state index in [0.717, 1.165) is 57.2 Å². The maximum atomic E-state index is 6.57. The van der Waals surface area contributed by atoms with Crippen LogP contribution in [0.5, 0.6) is 0 Å². The van der Waals surface area contributed by atoms with E-state index in [1.165, 1.54) is 27.6 Å². The van der Waals surface area contributed by atoms with Crippen molar-refractivity contribution in [2.75, 3.05) is 0 Å². The smallest absolute Gasteiger partial charge is 0.164 e. The lowest BCUT2D eigenvalue weighted by molar-refractivity contribution is 0.491. The lowest BCUT2D eigenvalue weighted by Crippen LogP contribution is -2.22. The minimum atomic E-state index is 0.0354. The molecule has 48 heavy (non-hydrogen) atoms. The minimum absolute atomic E-state index is 0.0354. The van der Waals surface area contributed by atoms with Crippen LogP contribution in [-0.4, -0.2) is 15.0 Å². The number of fused-ring (bicyclic) bond motifs is 6. The van der Waals surface area contributed by atoms with Gasteiger partial charge in [0.1, 0.15) is 11.2 Å². The molecular weight excluding hydrogens is 587 g/mol. The highest BCUT2D eigenvalue weighted by atomic mass is 16.3. The van der Waals surface area contributed by atoms with Crippen LogP contribution in [0, 0.1) is 0 Å². The van der Waals surface area contributed by atoms with Crippen molar-refractivity contribution < 1.29 is 4.42 Å². The Balaban J connectivity index is 1.10. The first-order valence-corrected chi connectivity index (χ1v) is 16.7. The Labute approximate surface area is 279 Å². The zero-order valence-corrected chi connectivity index (χ0v) is 26.9. The number of hydrogen-bond acceptors (Lipinski definition) is 4. The summed E-state index contributed by atoms with van der Waals surface area (Å²) in [5.41, 5.74) is 12.4. The molecule has 0 unspecified atom stereocenters. The van der Waals surface area contributed by atoms with Crippen molar-refractivity contribution >= 4 is 21.9 Å². The van der Waals surface area contributed by atoms with Crippen LogP contribution in [0.1, 0.15) is 37.8 Å². The van der Waals surface area contributed by atoms with Crippen LogP contribution in [0.3, 0.4) is 0 Å². The molecule has 230 valence electrons. The summed E-state index contributed by atoms with van der Waals surface area (Å²) >= 11 is 0. The normalized spacial score (nSPS) is 13.1. The van der Waals surface area contributed by atoms with E-state index in [2.05, 4.69) is 92.7 Å². The largest absolute Gasteiger partial charge is 0.456 e. The van der Waals surface area contributed by atoms with E-state index in [4.69, 9.17) is 19.4 Å². The average molecular weight is 620 g/mol. The van der Waals surface area contributed by atoms with Crippen LogP contribution in [0.25, 0.3) is 78.4 Å². The van der Waals surface area contributed by atoms with Crippen LogP contribution >= 0.6 is 0 Å². The fourth-order valence-corrected chi connectivity index (χ4v) is 7.66. The summed E-state index contributed by atoms with van der Waals surface area (Å²) in [7, 11) is 0. The van der Waals surface area contributed by atoms with Gasteiger partial charge >= 0.3 is 0 Å². The summed E-state index contributed by atoms with van der Waals surface area (Å²) in [6, 6.07) is 48.7. The van der Waals surface area contributed by atoms with E-state index >= 15 is 0 Å². The summed E-state index contributed by atoms with van der Waals surface area (Å²) in [5.74, 6) is 1.96. The first-order valence-electron chi connectivity index (χ1n) is 16.7. The van der Waals surface area contributed by atoms with Crippen LogP contribution in [-0.2, 0) is 5.41 Å². The Morgan fingerprint density at radius 3 is 1.58 bits per heavy atom. The van der Waals surface area contributed by atoms with Gasteiger partial charge in [-0.1, -0.05) is 129 Å². The fraction of sp³-hybridized carbons (Fsp3) is 0.114. The molecule has 0 fully saturated rings. The van der Waals surface area contributed by atoms with E-state index in [0.29, 0.717) is 17.5 Å². The number of aromatic nitrogens is 3. The second-order valence-electron chi connectivity index (χ2n) is 12.7. The lowest BCUT2D eigenvalue weighted by Gasteiger charge is -2.29. The van der Waals surface area contributed by atoms with E-state index in [9.17, 15) is 0 Å². The molecule has 1 aliphatic rings. The molecule has 0 saturated carbocycles. The summed E-state index contributed by atoms with van der Waals surface area (Å²) in [4.78, 5) is 14.6.